The molecular weight excluding hydrogens is 479 g/mol. The molecule has 2 fully saturated rings. The number of hydrogen-bond donors (Lipinski definition) is 1. The van der Waals surface area contributed by atoms with Gasteiger partial charge in [0.2, 0.25) is 11.8 Å². The molecule has 0 unspecified atom stereocenters. The molecular formula is C25H24Cl2N2O5. The first-order valence-corrected chi connectivity index (χ1v) is 12.0. The Morgan fingerprint density at radius 3 is 2.03 bits per heavy atom. The number of rotatable bonds is 6. The van der Waals surface area contributed by atoms with Crippen LogP contribution in [0.25, 0.3) is 0 Å². The van der Waals surface area contributed by atoms with Crippen LogP contribution >= 0.6 is 23.2 Å². The fourth-order valence-electron chi connectivity index (χ4n) is 4.33. The number of anilines is 2. The molecule has 1 heterocycles. The maximum Gasteiger partial charge on any atom is 0.338 e. The number of carbonyl (C=O) groups is 4. The highest BCUT2D eigenvalue weighted by Crippen LogP contribution is 2.43. The Bertz CT molecular complexity index is 1080. The number of carbonyl (C=O) groups excluding carboxylic acids is 4. The number of benzene rings is 2. The Morgan fingerprint density at radius 2 is 1.50 bits per heavy atom. The third-order valence-electron chi connectivity index (χ3n) is 6.25. The van der Waals surface area contributed by atoms with Crippen molar-refractivity contribution < 1.29 is 23.9 Å². The van der Waals surface area contributed by atoms with E-state index in [-0.39, 0.29) is 28.1 Å². The molecule has 2 aromatic rings. The predicted octanol–water partition coefficient (Wildman–Crippen LogP) is 4.16. The van der Waals surface area contributed by atoms with Crippen LogP contribution in [0.15, 0.2) is 48.5 Å². The molecule has 178 valence electrons. The van der Waals surface area contributed by atoms with E-state index in [1.54, 1.807) is 12.1 Å². The van der Waals surface area contributed by atoms with Gasteiger partial charge in [-0.3, -0.25) is 19.3 Å². The zero-order valence-electron chi connectivity index (χ0n) is 18.5. The second-order valence-electron chi connectivity index (χ2n) is 8.45. The van der Waals surface area contributed by atoms with Crippen molar-refractivity contribution in [1.29, 1.82) is 0 Å². The number of ether oxygens (including phenoxy) is 1. The first kappa shape index (κ1) is 24.2. The van der Waals surface area contributed by atoms with Gasteiger partial charge in [-0.2, -0.15) is 0 Å². The van der Waals surface area contributed by atoms with Gasteiger partial charge in [0.1, 0.15) is 0 Å². The summed E-state index contributed by atoms with van der Waals surface area (Å²) in [5.41, 5.74) is 2.33. The normalized spacial score (nSPS) is 24.0. The molecule has 0 spiro atoms. The van der Waals surface area contributed by atoms with Crippen molar-refractivity contribution >= 4 is 58.3 Å². The number of halogens is 2. The summed E-state index contributed by atoms with van der Waals surface area (Å²) in [6.45, 7) is 1.60. The Balaban J connectivity index is 1.35. The maximum absolute atomic E-state index is 12.9. The van der Waals surface area contributed by atoms with Crippen molar-refractivity contribution in [3.63, 3.8) is 0 Å². The maximum atomic E-state index is 12.9. The molecule has 4 rings (SSSR count). The largest absolute Gasteiger partial charge is 0.452 e. The number of alkyl halides is 2. The highest BCUT2D eigenvalue weighted by atomic mass is 35.5. The minimum Gasteiger partial charge on any atom is -0.452 e. The van der Waals surface area contributed by atoms with Crippen molar-refractivity contribution in [1.82, 2.24) is 0 Å². The molecule has 7 nitrogen and oxygen atoms in total. The van der Waals surface area contributed by atoms with E-state index < -0.39 is 30.3 Å². The molecule has 0 aromatic heterocycles. The van der Waals surface area contributed by atoms with E-state index in [9.17, 15) is 19.2 Å². The van der Waals surface area contributed by atoms with E-state index in [1.807, 2.05) is 19.1 Å². The minimum atomic E-state index is -0.689. The summed E-state index contributed by atoms with van der Waals surface area (Å²) >= 11 is 12.4. The number of amides is 3. The molecule has 0 bridgehead atoms. The van der Waals surface area contributed by atoms with Crippen molar-refractivity contribution in [2.75, 3.05) is 16.8 Å². The second-order valence-corrected chi connectivity index (χ2v) is 9.57. The Labute approximate surface area is 207 Å². The average Bonchev–Trinajstić information content (AvgIpc) is 3.07. The topological polar surface area (TPSA) is 92.8 Å². The lowest BCUT2D eigenvalue weighted by atomic mass is 9.80. The van der Waals surface area contributed by atoms with Crippen molar-refractivity contribution in [3.05, 3.63) is 59.7 Å². The van der Waals surface area contributed by atoms with Crippen LogP contribution in [-0.4, -0.2) is 41.1 Å². The van der Waals surface area contributed by atoms with Gasteiger partial charge >= 0.3 is 5.97 Å². The van der Waals surface area contributed by atoms with Gasteiger partial charge in [0, 0.05) is 5.69 Å². The summed E-state index contributed by atoms with van der Waals surface area (Å²) in [4.78, 5) is 51.3. The molecule has 2 aliphatic rings. The molecule has 1 saturated heterocycles. The van der Waals surface area contributed by atoms with Crippen LogP contribution < -0.4 is 10.2 Å². The summed E-state index contributed by atoms with van der Waals surface area (Å²) in [6, 6.07) is 13.3. The van der Waals surface area contributed by atoms with Crippen molar-refractivity contribution in [2.45, 2.75) is 36.9 Å². The van der Waals surface area contributed by atoms with Crippen LogP contribution in [0.2, 0.25) is 0 Å². The lowest BCUT2D eigenvalue weighted by molar-refractivity contribution is -0.122. The standard InChI is InChI=1S/C25H24Cl2N2O5/c1-2-14-3-7-16(8-4-14)28-22(30)13-34-25(33)15-5-9-17(10-6-15)29-23(31)18-11-20(26)21(27)12-19(18)24(29)32/h3-10,18-21H,2,11-13H2,1H3,(H,28,30)/t18-,19+,20-,21-/m0/s1. The van der Waals surface area contributed by atoms with E-state index in [1.165, 1.54) is 24.3 Å². The highest BCUT2D eigenvalue weighted by Gasteiger charge is 2.52. The quantitative estimate of drug-likeness (QED) is 0.363. The monoisotopic (exact) mass is 502 g/mol. The molecule has 34 heavy (non-hydrogen) atoms. The number of aryl methyl sites for hydroxylation is 1. The molecule has 9 heteroatoms. The number of nitrogens with zero attached hydrogens (tertiary/aromatic N) is 1. The molecule has 1 N–H and O–H groups in total. The van der Waals surface area contributed by atoms with Crippen LogP contribution in [0.3, 0.4) is 0 Å². The van der Waals surface area contributed by atoms with Crippen molar-refractivity contribution in [2.24, 2.45) is 11.8 Å². The third-order valence-corrected chi connectivity index (χ3v) is 7.35. The number of hydrogen-bond acceptors (Lipinski definition) is 5. The zero-order chi connectivity index (χ0) is 24.4. The number of imide groups is 1. The molecule has 1 aliphatic carbocycles. The van der Waals surface area contributed by atoms with Gasteiger partial charge < -0.3 is 10.1 Å². The van der Waals surface area contributed by atoms with Crippen LogP contribution in [0, 0.1) is 11.8 Å². The van der Waals surface area contributed by atoms with Crippen LogP contribution in [0.5, 0.6) is 0 Å². The molecule has 1 aliphatic heterocycles. The predicted molar refractivity (Wildman–Crippen MR) is 129 cm³/mol. The van der Waals surface area contributed by atoms with Gasteiger partial charge in [-0.15, -0.1) is 23.2 Å². The first-order chi connectivity index (χ1) is 16.3. The lowest BCUT2D eigenvalue weighted by Gasteiger charge is -2.28. The van der Waals surface area contributed by atoms with Crippen LogP contribution in [-0.2, 0) is 25.5 Å². The van der Waals surface area contributed by atoms with E-state index >= 15 is 0 Å². The fourth-order valence-corrected chi connectivity index (χ4v) is 4.92. The fraction of sp³-hybridized carbons (Fsp3) is 0.360. The first-order valence-electron chi connectivity index (χ1n) is 11.1. The van der Waals surface area contributed by atoms with Gasteiger partial charge in [-0.25, -0.2) is 4.79 Å². The number of nitrogens with one attached hydrogen (secondary N) is 1. The van der Waals surface area contributed by atoms with E-state index in [2.05, 4.69) is 5.32 Å². The van der Waals surface area contributed by atoms with Gasteiger partial charge in [0.05, 0.1) is 33.8 Å². The van der Waals surface area contributed by atoms with E-state index in [4.69, 9.17) is 27.9 Å². The van der Waals surface area contributed by atoms with Crippen LogP contribution in [0.1, 0.15) is 35.7 Å². The van der Waals surface area contributed by atoms with Crippen LogP contribution in [0.4, 0.5) is 11.4 Å². The van der Waals surface area contributed by atoms with Crippen molar-refractivity contribution in [3.8, 4) is 0 Å². The Morgan fingerprint density at radius 1 is 0.941 bits per heavy atom. The highest BCUT2D eigenvalue weighted by molar-refractivity contribution is 6.31. The third kappa shape index (κ3) is 4.95. The minimum absolute atomic E-state index is 0.196. The molecule has 2 aromatic carbocycles. The number of esters is 1. The summed E-state index contributed by atoms with van der Waals surface area (Å²) < 4.78 is 5.09. The molecule has 1 saturated carbocycles. The number of fused-ring (bicyclic) bond motifs is 1. The van der Waals surface area contributed by atoms with Gasteiger partial charge in [-0.1, -0.05) is 19.1 Å². The summed E-state index contributed by atoms with van der Waals surface area (Å²) in [5, 5.41) is 1.96. The van der Waals surface area contributed by atoms with Gasteiger partial charge in [-0.05, 0) is 61.2 Å². The molecule has 3 amide bonds. The Kier molecular flexibility index (Phi) is 7.24. The lowest BCUT2D eigenvalue weighted by Crippen LogP contribution is -2.34. The summed E-state index contributed by atoms with van der Waals surface area (Å²) in [5.74, 6) is -2.71. The average molecular weight is 503 g/mol. The van der Waals surface area contributed by atoms with Gasteiger partial charge in [0.15, 0.2) is 6.61 Å². The smallest absolute Gasteiger partial charge is 0.338 e. The second kappa shape index (κ2) is 10.2. The zero-order valence-corrected chi connectivity index (χ0v) is 20.0. The Hall–Kier alpha value is -2.90. The molecule has 0 radical (unpaired) electrons. The van der Waals surface area contributed by atoms with E-state index in [0.717, 1.165) is 16.9 Å². The molecule has 4 atom stereocenters. The van der Waals surface area contributed by atoms with E-state index in [0.29, 0.717) is 24.2 Å². The summed E-state index contributed by atoms with van der Waals surface area (Å²) in [7, 11) is 0. The SMILES string of the molecule is CCc1ccc(NC(=O)COC(=O)c2ccc(N3C(=O)[C@H]4C[C@H](Cl)[C@@H](Cl)C[C@H]4C3=O)cc2)cc1. The van der Waals surface area contributed by atoms with Gasteiger partial charge in [0.25, 0.3) is 5.91 Å². The summed E-state index contributed by atoms with van der Waals surface area (Å²) in [6.07, 6.45) is 1.61.